The fourth-order valence-corrected chi connectivity index (χ4v) is 1.68. The van der Waals surface area contributed by atoms with E-state index in [2.05, 4.69) is 19.9 Å². The molecular weight excluding hydrogens is 216 g/mol. The third kappa shape index (κ3) is 3.28. The molecule has 0 aliphatic carbocycles. The van der Waals surface area contributed by atoms with E-state index in [0.717, 1.165) is 0 Å². The number of hydrogen-bond acceptors (Lipinski definition) is 4. The minimum Gasteiger partial charge on any atom is -0.263 e. The quantitative estimate of drug-likeness (QED) is 0.768. The van der Waals surface area contributed by atoms with Crippen molar-refractivity contribution in [3.05, 3.63) is 12.2 Å². The maximum Gasteiger partial charge on any atom is 0.216 e. The number of sulfonamides is 1. The predicted molar refractivity (Wildman–Crippen MR) is 56.8 cm³/mol. The van der Waals surface area contributed by atoms with E-state index in [9.17, 15) is 8.42 Å². The van der Waals surface area contributed by atoms with Crippen LogP contribution in [0.1, 0.15) is 26.6 Å². The molecule has 0 radical (unpaired) electrons. The highest BCUT2D eigenvalue weighted by molar-refractivity contribution is 7.90. The van der Waals surface area contributed by atoms with Crippen molar-refractivity contribution in [2.24, 2.45) is 0 Å². The molecule has 0 aliphatic heterocycles. The van der Waals surface area contributed by atoms with Gasteiger partial charge in [-0.3, -0.25) is 5.10 Å². The molecule has 6 nitrogen and oxygen atoms in total. The Bertz CT molecular complexity index is 391. The van der Waals surface area contributed by atoms with Gasteiger partial charge in [0.15, 0.2) is 0 Å². The summed E-state index contributed by atoms with van der Waals surface area (Å²) < 4.78 is 25.0. The standard InChI is InChI=1S/C8H16N4O2S/c1-8(2,3)15(13,14)11-5-4-7-9-6-10-12-7/h6,11H,4-5H2,1-3H3,(H,9,10,12). The smallest absolute Gasteiger partial charge is 0.216 e. The lowest BCUT2D eigenvalue weighted by atomic mass is 10.3. The second-order valence-electron chi connectivity index (χ2n) is 4.19. The van der Waals surface area contributed by atoms with Gasteiger partial charge in [-0.25, -0.2) is 18.1 Å². The molecule has 7 heteroatoms. The van der Waals surface area contributed by atoms with Crippen LogP contribution in [0.3, 0.4) is 0 Å². The first-order valence-corrected chi connectivity index (χ1v) is 6.15. The molecule has 1 aromatic heterocycles. The molecule has 1 rings (SSSR count). The first kappa shape index (κ1) is 12.1. The van der Waals surface area contributed by atoms with Gasteiger partial charge in [-0.1, -0.05) is 0 Å². The van der Waals surface area contributed by atoms with Crippen LogP contribution >= 0.6 is 0 Å². The lowest BCUT2D eigenvalue weighted by molar-refractivity contribution is 0.544. The van der Waals surface area contributed by atoms with Crippen molar-refractivity contribution in [3.63, 3.8) is 0 Å². The lowest BCUT2D eigenvalue weighted by Crippen LogP contribution is -2.40. The van der Waals surface area contributed by atoms with Gasteiger partial charge in [0.2, 0.25) is 10.0 Å². The molecule has 15 heavy (non-hydrogen) atoms. The Morgan fingerprint density at radius 3 is 2.60 bits per heavy atom. The SMILES string of the molecule is CC(C)(C)S(=O)(=O)NCCc1ncn[nH]1. The highest BCUT2D eigenvalue weighted by atomic mass is 32.2. The molecule has 0 aliphatic rings. The van der Waals surface area contributed by atoms with Crippen LogP contribution in [0.2, 0.25) is 0 Å². The van der Waals surface area contributed by atoms with Gasteiger partial charge >= 0.3 is 0 Å². The summed E-state index contributed by atoms with van der Waals surface area (Å²) in [5, 5.41) is 6.34. The maximum atomic E-state index is 11.6. The molecule has 86 valence electrons. The van der Waals surface area contributed by atoms with Crippen LogP contribution in [0.5, 0.6) is 0 Å². The van der Waals surface area contributed by atoms with Gasteiger partial charge in [0.1, 0.15) is 12.2 Å². The van der Waals surface area contributed by atoms with Gasteiger partial charge < -0.3 is 0 Å². The van der Waals surface area contributed by atoms with Crippen molar-refractivity contribution in [3.8, 4) is 0 Å². The summed E-state index contributed by atoms with van der Waals surface area (Å²) >= 11 is 0. The minimum atomic E-state index is -3.26. The molecule has 0 saturated heterocycles. The van der Waals surface area contributed by atoms with E-state index in [1.165, 1.54) is 6.33 Å². The zero-order valence-electron chi connectivity index (χ0n) is 9.11. The number of H-pyrrole nitrogens is 1. The Balaban J connectivity index is 2.45. The predicted octanol–water partition coefficient (Wildman–Crippen LogP) is 0.0651. The Morgan fingerprint density at radius 2 is 2.13 bits per heavy atom. The molecule has 0 unspecified atom stereocenters. The first-order chi connectivity index (χ1) is 6.83. The average molecular weight is 232 g/mol. The van der Waals surface area contributed by atoms with Crippen molar-refractivity contribution >= 4 is 10.0 Å². The molecule has 0 saturated carbocycles. The fourth-order valence-electron chi connectivity index (χ4n) is 0.872. The molecule has 0 bridgehead atoms. The number of aromatic amines is 1. The van der Waals surface area contributed by atoms with E-state index >= 15 is 0 Å². The van der Waals surface area contributed by atoms with Crippen molar-refractivity contribution in [1.29, 1.82) is 0 Å². The Hall–Kier alpha value is -0.950. The Labute approximate surface area is 89.5 Å². The fraction of sp³-hybridized carbons (Fsp3) is 0.750. The third-order valence-corrected chi connectivity index (χ3v) is 4.12. The van der Waals surface area contributed by atoms with Gasteiger partial charge in [0, 0.05) is 13.0 Å². The summed E-state index contributed by atoms with van der Waals surface area (Å²) in [6, 6.07) is 0. The molecule has 0 atom stereocenters. The molecule has 1 aromatic rings. The molecule has 0 aromatic carbocycles. The van der Waals surface area contributed by atoms with Crippen LogP contribution < -0.4 is 4.72 Å². The van der Waals surface area contributed by atoms with Crippen molar-refractivity contribution < 1.29 is 8.42 Å². The van der Waals surface area contributed by atoms with Crippen LogP contribution in [0.25, 0.3) is 0 Å². The van der Waals surface area contributed by atoms with Crippen LogP contribution in [0.4, 0.5) is 0 Å². The summed E-state index contributed by atoms with van der Waals surface area (Å²) in [6.07, 6.45) is 1.91. The zero-order valence-corrected chi connectivity index (χ0v) is 9.93. The van der Waals surface area contributed by atoms with Crippen LogP contribution in [0.15, 0.2) is 6.33 Å². The highest BCUT2D eigenvalue weighted by Gasteiger charge is 2.28. The van der Waals surface area contributed by atoms with Crippen LogP contribution in [0, 0.1) is 0 Å². The highest BCUT2D eigenvalue weighted by Crippen LogP contribution is 2.12. The number of rotatable bonds is 4. The van der Waals surface area contributed by atoms with Crippen LogP contribution in [-0.2, 0) is 16.4 Å². The van der Waals surface area contributed by atoms with Gasteiger partial charge in [0.25, 0.3) is 0 Å². The summed E-state index contributed by atoms with van der Waals surface area (Å²) in [4.78, 5) is 3.90. The van der Waals surface area contributed by atoms with Crippen molar-refractivity contribution in [1.82, 2.24) is 19.9 Å². The van der Waals surface area contributed by atoms with E-state index in [4.69, 9.17) is 0 Å². The largest absolute Gasteiger partial charge is 0.263 e. The molecule has 2 N–H and O–H groups in total. The van der Waals surface area contributed by atoms with E-state index in [1.54, 1.807) is 20.8 Å². The molecule has 1 heterocycles. The normalized spacial score (nSPS) is 13.0. The summed E-state index contributed by atoms with van der Waals surface area (Å²) in [5.41, 5.74) is 0. The van der Waals surface area contributed by atoms with Crippen molar-refractivity contribution in [2.45, 2.75) is 31.9 Å². The summed E-state index contributed by atoms with van der Waals surface area (Å²) in [6.45, 7) is 5.30. The topological polar surface area (TPSA) is 87.7 Å². The monoisotopic (exact) mass is 232 g/mol. The third-order valence-electron chi connectivity index (χ3n) is 1.92. The number of nitrogens with one attached hydrogen (secondary N) is 2. The average Bonchev–Trinajstić information content (AvgIpc) is 2.54. The zero-order chi connectivity index (χ0) is 11.5. The van der Waals surface area contributed by atoms with Crippen molar-refractivity contribution in [2.75, 3.05) is 6.54 Å². The Kier molecular flexibility index (Phi) is 3.46. The molecular formula is C8H16N4O2S. The van der Waals surface area contributed by atoms with Gasteiger partial charge in [-0.05, 0) is 20.8 Å². The van der Waals surface area contributed by atoms with E-state index < -0.39 is 14.8 Å². The van der Waals surface area contributed by atoms with E-state index in [1.807, 2.05) is 0 Å². The second-order valence-corrected chi connectivity index (χ2v) is 6.71. The number of aromatic nitrogens is 3. The Morgan fingerprint density at radius 1 is 1.47 bits per heavy atom. The van der Waals surface area contributed by atoms with E-state index in [-0.39, 0.29) is 0 Å². The minimum absolute atomic E-state index is 0.328. The number of nitrogens with zero attached hydrogens (tertiary/aromatic N) is 2. The molecule has 0 spiro atoms. The summed E-state index contributed by atoms with van der Waals surface area (Å²) in [7, 11) is -3.26. The second kappa shape index (κ2) is 4.28. The summed E-state index contributed by atoms with van der Waals surface area (Å²) in [5.74, 6) is 0.673. The first-order valence-electron chi connectivity index (χ1n) is 4.66. The van der Waals surface area contributed by atoms with Gasteiger partial charge in [0.05, 0.1) is 4.75 Å². The number of hydrogen-bond donors (Lipinski definition) is 2. The van der Waals surface area contributed by atoms with Crippen LogP contribution in [-0.4, -0.2) is 34.9 Å². The van der Waals surface area contributed by atoms with E-state index in [0.29, 0.717) is 18.8 Å². The lowest BCUT2D eigenvalue weighted by Gasteiger charge is -2.19. The van der Waals surface area contributed by atoms with Gasteiger partial charge in [-0.2, -0.15) is 5.10 Å². The van der Waals surface area contributed by atoms with Gasteiger partial charge in [-0.15, -0.1) is 0 Å². The molecule has 0 fully saturated rings. The maximum absolute atomic E-state index is 11.6. The molecule has 0 amide bonds.